The fourth-order valence-corrected chi connectivity index (χ4v) is 4.48. The van der Waals surface area contributed by atoms with Crippen LogP contribution in [0.1, 0.15) is 29.0 Å². The van der Waals surface area contributed by atoms with Gasteiger partial charge in [0.1, 0.15) is 0 Å². The van der Waals surface area contributed by atoms with Gasteiger partial charge in [-0.25, -0.2) is 0 Å². The predicted molar refractivity (Wildman–Crippen MR) is 106 cm³/mol. The Hall–Kier alpha value is -2.73. The first-order valence-corrected chi connectivity index (χ1v) is 9.60. The van der Waals surface area contributed by atoms with Gasteiger partial charge in [0.2, 0.25) is 6.79 Å². The second-order valence-corrected chi connectivity index (χ2v) is 7.56. The molecule has 0 N–H and O–H groups in total. The van der Waals surface area contributed by atoms with E-state index in [-0.39, 0.29) is 12.8 Å². The number of likely N-dealkylation sites (N-methyl/N-ethyl adjacent to an activating group) is 1. The van der Waals surface area contributed by atoms with Crippen molar-refractivity contribution in [3.05, 3.63) is 47.0 Å². The van der Waals surface area contributed by atoms with Crippen molar-refractivity contribution in [2.24, 2.45) is 4.99 Å². The van der Waals surface area contributed by atoms with Gasteiger partial charge < -0.3 is 23.8 Å². The SMILES string of the molecule is COc1ccc(C2=N[C@@H]3CCN(C)C[C@@H]3c3cc4c(cc32)OCO4)cc1OC. The van der Waals surface area contributed by atoms with E-state index in [1.165, 1.54) is 5.56 Å². The molecule has 0 aliphatic carbocycles. The molecule has 5 rings (SSSR count). The molecule has 6 heteroatoms. The lowest BCUT2D eigenvalue weighted by atomic mass is 9.79. The Morgan fingerprint density at radius 3 is 2.61 bits per heavy atom. The van der Waals surface area contributed by atoms with Gasteiger partial charge in [-0.2, -0.15) is 0 Å². The molecule has 28 heavy (non-hydrogen) atoms. The third-order valence-corrected chi connectivity index (χ3v) is 5.93. The van der Waals surface area contributed by atoms with Crippen LogP contribution in [0.25, 0.3) is 0 Å². The van der Waals surface area contributed by atoms with Crippen LogP contribution >= 0.6 is 0 Å². The van der Waals surface area contributed by atoms with Gasteiger partial charge in [0.05, 0.1) is 26.0 Å². The molecule has 0 aromatic heterocycles. The highest BCUT2D eigenvalue weighted by molar-refractivity contribution is 6.15. The van der Waals surface area contributed by atoms with Gasteiger partial charge in [-0.3, -0.25) is 4.99 Å². The quantitative estimate of drug-likeness (QED) is 0.819. The summed E-state index contributed by atoms with van der Waals surface area (Å²) in [4.78, 5) is 7.58. The maximum absolute atomic E-state index is 5.67. The van der Waals surface area contributed by atoms with Crippen molar-refractivity contribution in [3.8, 4) is 23.0 Å². The number of ether oxygens (including phenoxy) is 4. The third kappa shape index (κ3) is 2.71. The summed E-state index contributed by atoms with van der Waals surface area (Å²) in [5.41, 5.74) is 4.42. The highest BCUT2D eigenvalue weighted by atomic mass is 16.7. The van der Waals surface area contributed by atoms with Crippen LogP contribution in [0.2, 0.25) is 0 Å². The second-order valence-electron chi connectivity index (χ2n) is 7.56. The van der Waals surface area contributed by atoms with Gasteiger partial charge in [0.25, 0.3) is 0 Å². The van der Waals surface area contributed by atoms with E-state index in [4.69, 9.17) is 23.9 Å². The molecule has 3 heterocycles. The van der Waals surface area contributed by atoms with Crippen molar-refractivity contribution < 1.29 is 18.9 Å². The summed E-state index contributed by atoms with van der Waals surface area (Å²) < 4.78 is 22.2. The molecule has 0 radical (unpaired) electrons. The molecule has 6 nitrogen and oxygen atoms in total. The van der Waals surface area contributed by atoms with Crippen molar-refractivity contribution in [2.75, 3.05) is 41.1 Å². The van der Waals surface area contributed by atoms with Gasteiger partial charge in [-0.05, 0) is 55.9 Å². The van der Waals surface area contributed by atoms with Gasteiger partial charge in [-0.15, -0.1) is 0 Å². The van der Waals surface area contributed by atoms with Gasteiger partial charge in [0.15, 0.2) is 23.0 Å². The van der Waals surface area contributed by atoms with Crippen molar-refractivity contribution in [1.82, 2.24) is 4.90 Å². The molecule has 0 saturated carbocycles. The minimum atomic E-state index is 0.271. The number of methoxy groups -OCH3 is 2. The molecular formula is C22H24N2O4. The van der Waals surface area contributed by atoms with E-state index in [2.05, 4.69) is 24.1 Å². The molecule has 0 spiro atoms. The molecule has 1 saturated heterocycles. The minimum absolute atomic E-state index is 0.271. The average Bonchev–Trinajstić information content (AvgIpc) is 3.19. The first-order chi connectivity index (χ1) is 13.7. The Balaban J connectivity index is 1.66. The summed E-state index contributed by atoms with van der Waals surface area (Å²) in [6.07, 6.45) is 1.05. The summed E-state index contributed by atoms with van der Waals surface area (Å²) in [6.45, 7) is 2.33. The molecular weight excluding hydrogens is 356 g/mol. The van der Waals surface area contributed by atoms with Crippen LogP contribution in [0.15, 0.2) is 35.3 Å². The third-order valence-electron chi connectivity index (χ3n) is 5.93. The van der Waals surface area contributed by atoms with Crippen molar-refractivity contribution >= 4 is 5.71 Å². The molecule has 0 amide bonds. The fraction of sp³-hybridized carbons (Fsp3) is 0.409. The first kappa shape index (κ1) is 17.4. The van der Waals surface area contributed by atoms with E-state index in [1.807, 2.05) is 18.2 Å². The van der Waals surface area contributed by atoms with Crippen LogP contribution in [0.3, 0.4) is 0 Å². The van der Waals surface area contributed by atoms with E-state index in [0.29, 0.717) is 17.4 Å². The van der Waals surface area contributed by atoms with Crippen LogP contribution in [0.4, 0.5) is 0 Å². The number of nitrogens with zero attached hydrogens (tertiary/aromatic N) is 2. The zero-order chi connectivity index (χ0) is 19.3. The highest BCUT2D eigenvalue weighted by Gasteiger charge is 2.37. The summed E-state index contributed by atoms with van der Waals surface area (Å²) in [6, 6.07) is 10.5. The van der Waals surface area contributed by atoms with E-state index in [1.54, 1.807) is 14.2 Å². The predicted octanol–water partition coefficient (Wildman–Crippen LogP) is 3.07. The number of aliphatic imine (C=N–C) groups is 1. The van der Waals surface area contributed by atoms with E-state index < -0.39 is 0 Å². The van der Waals surface area contributed by atoms with Crippen LogP contribution < -0.4 is 18.9 Å². The Labute approximate surface area is 164 Å². The van der Waals surface area contributed by atoms with Crippen LogP contribution in [0, 0.1) is 0 Å². The Morgan fingerprint density at radius 2 is 1.82 bits per heavy atom. The second kappa shape index (κ2) is 6.71. The smallest absolute Gasteiger partial charge is 0.231 e. The van der Waals surface area contributed by atoms with E-state index in [9.17, 15) is 0 Å². The molecule has 146 valence electrons. The summed E-state index contributed by atoms with van der Waals surface area (Å²) >= 11 is 0. The molecule has 3 aliphatic rings. The number of likely N-dealkylation sites (tertiary alicyclic amines) is 1. The molecule has 3 aliphatic heterocycles. The maximum Gasteiger partial charge on any atom is 0.231 e. The lowest BCUT2D eigenvalue weighted by molar-refractivity contribution is 0.174. The average molecular weight is 380 g/mol. The lowest BCUT2D eigenvalue weighted by Crippen LogP contribution is -2.41. The molecule has 0 unspecified atom stereocenters. The normalized spacial score (nSPS) is 22.9. The van der Waals surface area contributed by atoms with Gasteiger partial charge in [-0.1, -0.05) is 0 Å². The number of benzene rings is 2. The molecule has 2 aromatic carbocycles. The Bertz CT molecular complexity index is 956. The van der Waals surface area contributed by atoms with Crippen LogP contribution in [-0.2, 0) is 0 Å². The molecule has 2 aromatic rings. The standard InChI is InChI=1S/C22H24N2O4/c1-24-7-6-17-16(11-24)14-9-20-21(28-12-27-20)10-15(14)22(23-17)13-4-5-18(25-2)19(8-13)26-3/h4-5,8-10,16-17H,6-7,11-12H2,1-3H3/t16-,17-/m1/s1. The topological polar surface area (TPSA) is 52.5 Å². The first-order valence-electron chi connectivity index (χ1n) is 9.60. The van der Waals surface area contributed by atoms with E-state index in [0.717, 1.165) is 47.8 Å². The van der Waals surface area contributed by atoms with Gasteiger partial charge >= 0.3 is 0 Å². The molecule has 2 atom stereocenters. The zero-order valence-electron chi connectivity index (χ0n) is 16.4. The Morgan fingerprint density at radius 1 is 1.04 bits per heavy atom. The summed E-state index contributed by atoms with van der Waals surface area (Å²) in [7, 11) is 5.48. The van der Waals surface area contributed by atoms with Crippen LogP contribution in [-0.4, -0.2) is 57.8 Å². The van der Waals surface area contributed by atoms with Gasteiger partial charge in [0, 0.05) is 23.6 Å². The maximum atomic E-state index is 5.67. The van der Waals surface area contributed by atoms with Crippen molar-refractivity contribution in [1.29, 1.82) is 0 Å². The fourth-order valence-electron chi connectivity index (χ4n) is 4.48. The number of piperidine rings is 1. The Kier molecular flexibility index (Phi) is 4.16. The summed E-state index contributed by atoms with van der Waals surface area (Å²) in [5, 5.41) is 0. The number of hydrogen-bond donors (Lipinski definition) is 0. The van der Waals surface area contributed by atoms with Crippen molar-refractivity contribution in [3.63, 3.8) is 0 Å². The number of fused-ring (bicyclic) bond motifs is 4. The van der Waals surface area contributed by atoms with Crippen molar-refractivity contribution in [2.45, 2.75) is 18.4 Å². The lowest BCUT2D eigenvalue weighted by Gasteiger charge is -2.39. The minimum Gasteiger partial charge on any atom is -0.493 e. The molecule has 0 bridgehead atoms. The molecule has 1 fully saturated rings. The number of rotatable bonds is 3. The van der Waals surface area contributed by atoms with E-state index >= 15 is 0 Å². The number of hydrogen-bond acceptors (Lipinski definition) is 6. The largest absolute Gasteiger partial charge is 0.493 e. The zero-order valence-corrected chi connectivity index (χ0v) is 16.4. The monoisotopic (exact) mass is 380 g/mol. The summed E-state index contributed by atoms with van der Waals surface area (Å²) in [5.74, 6) is 3.40. The highest BCUT2D eigenvalue weighted by Crippen LogP contribution is 2.44. The van der Waals surface area contributed by atoms with Crippen LogP contribution in [0.5, 0.6) is 23.0 Å².